The molecule has 0 bridgehead atoms. The molecule has 2 rings (SSSR count). The fraction of sp³-hybridized carbons (Fsp3) is 0.214. The van der Waals surface area contributed by atoms with Crippen LogP contribution < -0.4 is 0 Å². The third kappa shape index (κ3) is 1.86. The second kappa shape index (κ2) is 4.41. The number of nitrogens with zero attached hydrogens (tertiary/aromatic N) is 1. The Morgan fingerprint density at radius 2 is 2.00 bits per heavy atom. The number of fused-ring (bicyclic) bond motifs is 1. The van der Waals surface area contributed by atoms with Gasteiger partial charge in [0.25, 0.3) is 0 Å². The monoisotopic (exact) mass is 250 g/mol. The Bertz CT molecular complexity index is 614. The first kappa shape index (κ1) is 12.6. The van der Waals surface area contributed by atoms with Crippen LogP contribution >= 0.6 is 0 Å². The van der Waals surface area contributed by atoms with Gasteiger partial charge in [0.1, 0.15) is 5.69 Å². The lowest BCUT2D eigenvalue weighted by molar-refractivity contribution is -0.143. The number of alkyl halides is 3. The highest BCUT2D eigenvalue weighted by Crippen LogP contribution is 2.38. The highest BCUT2D eigenvalue weighted by Gasteiger charge is 2.38. The van der Waals surface area contributed by atoms with Crippen molar-refractivity contribution in [3.8, 4) is 12.3 Å². The van der Waals surface area contributed by atoms with E-state index in [1.807, 2.05) is 0 Å². The van der Waals surface area contributed by atoms with E-state index in [0.717, 1.165) is 4.57 Å². The second-order valence-corrected chi connectivity index (χ2v) is 3.86. The summed E-state index contributed by atoms with van der Waals surface area (Å²) in [6, 6.07) is 6.74. The van der Waals surface area contributed by atoms with Crippen LogP contribution in [0.1, 0.15) is 18.2 Å². The molecule has 18 heavy (non-hydrogen) atoms. The topological polar surface area (TPSA) is 4.93 Å². The molecule has 0 saturated heterocycles. The highest BCUT2D eigenvalue weighted by molar-refractivity contribution is 5.87. The van der Waals surface area contributed by atoms with Crippen molar-refractivity contribution in [3.63, 3.8) is 0 Å². The Morgan fingerprint density at radius 1 is 1.33 bits per heavy atom. The smallest absolute Gasteiger partial charge is 0.325 e. The van der Waals surface area contributed by atoms with E-state index in [9.17, 15) is 13.2 Å². The van der Waals surface area contributed by atoms with Crippen LogP contribution in [0, 0.1) is 18.8 Å². The van der Waals surface area contributed by atoms with Gasteiger partial charge in [-0.15, -0.1) is 6.42 Å². The van der Waals surface area contributed by atoms with E-state index in [0.29, 0.717) is 10.9 Å². The van der Waals surface area contributed by atoms with Crippen molar-refractivity contribution in [1.82, 2.24) is 4.57 Å². The van der Waals surface area contributed by atoms with Gasteiger partial charge in [0, 0.05) is 10.9 Å². The van der Waals surface area contributed by atoms with E-state index in [1.54, 1.807) is 31.2 Å². The Labute approximate surface area is 103 Å². The third-order valence-electron chi connectivity index (χ3n) is 2.82. The summed E-state index contributed by atoms with van der Waals surface area (Å²) in [4.78, 5) is 0. The summed E-state index contributed by atoms with van der Waals surface area (Å²) in [5.74, 6) is 2.28. The maximum atomic E-state index is 13.1. The molecule has 1 aromatic heterocycles. The van der Waals surface area contributed by atoms with Crippen LogP contribution in [-0.4, -0.2) is 4.57 Å². The Balaban J connectivity index is 2.88. The van der Waals surface area contributed by atoms with E-state index < -0.39 is 11.9 Å². The van der Waals surface area contributed by atoms with Gasteiger partial charge in [0.15, 0.2) is 0 Å². The summed E-state index contributed by atoms with van der Waals surface area (Å²) in [6.45, 7) is 1.50. The molecule has 1 radical (unpaired) electrons. The summed E-state index contributed by atoms with van der Waals surface area (Å²) in [7, 11) is 0. The van der Waals surface area contributed by atoms with Crippen LogP contribution in [0.3, 0.4) is 0 Å². The summed E-state index contributed by atoms with van der Waals surface area (Å²) in [6.07, 6.45) is 2.22. The van der Waals surface area contributed by atoms with Crippen molar-refractivity contribution in [2.24, 2.45) is 0 Å². The zero-order valence-electron chi connectivity index (χ0n) is 9.75. The largest absolute Gasteiger partial charge is 0.431 e. The molecule has 0 fully saturated rings. The van der Waals surface area contributed by atoms with Crippen molar-refractivity contribution in [2.45, 2.75) is 19.6 Å². The second-order valence-electron chi connectivity index (χ2n) is 3.86. The fourth-order valence-corrected chi connectivity index (χ4v) is 2.18. The molecule has 0 aliphatic carbocycles. The van der Waals surface area contributed by atoms with Crippen LogP contribution in [0.15, 0.2) is 24.3 Å². The quantitative estimate of drug-likeness (QED) is 0.713. The van der Waals surface area contributed by atoms with Gasteiger partial charge >= 0.3 is 6.18 Å². The molecule has 0 amide bonds. The molecule has 0 spiro atoms. The molecule has 0 aliphatic heterocycles. The number of rotatable bonds is 2. The molecule has 0 saturated carbocycles. The standard InChI is InChI=1S/C14H11F3N/c1-3-9-18-12-8-6-5-7-11(12)10(4-2)13(18)14(15,16)17/h1,4-8H,9H2,2H3. The average Bonchev–Trinajstić information content (AvgIpc) is 2.64. The molecule has 1 heterocycles. The van der Waals surface area contributed by atoms with Crippen molar-refractivity contribution in [3.05, 3.63) is 41.9 Å². The van der Waals surface area contributed by atoms with Crippen LogP contribution in [0.2, 0.25) is 0 Å². The van der Waals surface area contributed by atoms with Crippen molar-refractivity contribution in [1.29, 1.82) is 0 Å². The first-order valence-corrected chi connectivity index (χ1v) is 5.42. The van der Waals surface area contributed by atoms with Gasteiger partial charge in [-0.3, -0.25) is 0 Å². The number of aromatic nitrogens is 1. The molecule has 2 aromatic rings. The Morgan fingerprint density at radius 3 is 2.56 bits per heavy atom. The molecule has 1 nitrogen and oxygen atoms in total. The minimum absolute atomic E-state index is 0.0941. The Kier molecular flexibility index (Phi) is 3.08. The van der Waals surface area contributed by atoms with Crippen LogP contribution in [0.25, 0.3) is 10.9 Å². The lowest BCUT2D eigenvalue weighted by Gasteiger charge is -2.12. The average molecular weight is 250 g/mol. The molecule has 0 N–H and O–H groups in total. The molecular formula is C14H11F3N. The first-order chi connectivity index (χ1) is 8.50. The maximum absolute atomic E-state index is 13.1. The predicted molar refractivity (Wildman–Crippen MR) is 64.8 cm³/mol. The van der Waals surface area contributed by atoms with Gasteiger partial charge in [-0.2, -0.15) is 13.2 Å². The summed E-state index contributed by atoms with van der Waals surface area (Å²) >= 11 is 0. The van der Waals surface area contributed by atoms with E-state index >= 15 is 0 Å². The van der Waals surface area contributed by atoms with Crippen LogP contribution in [0.4, 0.5) is 13.2 Å². The number of halogens is 3. The van der Waals surface area contributed by atoms with Gasteiger partial charge in [-0.25, -0.2) is 0 Å². The van der Waals surface area contributed by atoms with Gasteiger partial charge in [-0.05, 0) is 18.1 Å². The number of para-hydroxylation sites is 1. The number of benzene rings is 1. The Hall–Kier alpha value is -1.89. The normalized spacial score (nSPS) is 11.7. The van der Waals surface area contributed by atoms with E-state index in [2.05, 4.69) is 5.92 Å². The molecule has 0 unspecified atom stereocenters. The lowest BCUT2D eigenvalue weighted by Crippen LogP contribution is -2.15. The first-order valence-electron chi connectivity index (χ1n) is 5.42. The zero-order chi connectivity index (χ0) is 13.3. The SMILES string of the molecule is C#CCn1c(C(F)(F)F)c([CH]C)c2ccccc21. The van der Waals surface area contributed by atoms with Gasteiger partial charge in [0.2, 0.25) is 0 Å². The maximum Gasteiger partial charge on any atom is 0.431 e. The number of hydrogen-bond donors (Lipinski definition) is 0. The van der Waals surface area contributed by atoms with E-state index in [-0.39, 0.29) is 12.1 Å². The van der Waals surface area contributed by atoms with Crippen molar-refractivity contribution in [2.75, 3.05) is 0 Å². The molecule has 0 aliphatic rings. The molecule has 93 valence electrons. The lowest BCUT2D eigenvalue weighted by atomic mass is 10.1. The minimum Gasteiger partial charge on any atom is -0.325 e. The van der Waals surface area contributed by atoms with Gasteiger partial charge in [-0.1, -0.05) is 31.0 Å². The molecule has 4 heteroatoms. The van der Waals surface area contributed by atoms with Crippen molar-refractivity contribution >= 4 is 10.9 Å². The summed E-state index contributed by atoms with van der Waals surface area (Å²) in [5.41, 5.74) is 0.0216. The number of terminal acetylenes is 1. The summed E-state index contributed by atoms with van der Waals surface area (Å²) in [5, 5.41) is 0.572. The fourth-order valence-electron chi connectivity index (χ4n) is 2.18. The molecule has 1 aromatic carbocycles. The van der Waals surface area contributed by atoms with Gasteiger partial charge in [0.05, 0.1) is 6.54 Å². The van der Waals surface area contributed by atoms with E-state index in [4.69, 9.17) is 6.42 Å². The third-order valence-corrected chi connectivity index (χ3v) is 2.82. The molecular weight excluding hydrogens is 239 g/mol. The predicted octanol–water partition coefficient (Wildman–Crippen LogP) is 3.87. The van der Waals surface area contributed by atoms with Crippen LogP contribution in [-0.2, 0) is 12.7 Å². The number of hydrogen-bond acceptors (Lipinski definition) is 0. The molecule has 0 atom stereocenters. The van der Waals surface area contributed by atoms with Gasteiger partial charge < -0.3 is 4.57 Å². The zero-order valence-corrected chi connectivity index (χ0v) is 9.75. The summed E-state index contributed by atoms with van der Waals surface area (Å²) < 4.78 is 40.6. The van der Waals surface area contributed by atoms with E-state index in [1.165, 1.54) is 6.42 Å². The van der Waals surface area contributed by atoms with Crippen LogP contribution in [0.5, 0.6) is 0 Å². The minimum atomic E-state index is -4.42. The highest BCUT2D eigenvalue weighted by atomic mass is 19.4. The van der Waals surface area contributed by atoms with Crippen molar-refractivity contribution < 1.29 is 13.2 Å².